The van der Waals surface area contributed by atoms with Crippen molar-refractivity contribution < 1.29 is 14.3 Å². The molecule has 2 atom stereocenters. The van der Waals surface area contributed by atoms with Gasteiger partial charge in [0.25, 0.3) is 0 Å². The molecule has 1 N–H and O–H groups in total. The molecule has 33 heavy (non-hydrogen) atoms. The molecule has 4 rings (SSSR count). The third-order valence-corrected chi connectivity index (χ3v) is 5.05. The lowest BCUT2D eigenvalue weighted by Crippen LogP contribution is -2.46. The van der Waals surface area contributed by atoms with E-state index in [1.165, 1.54) is 0 Å². The number of pyridine rings is 2. The Hall–Kier alpha value is -3.33. The molecule has 1 fully saturated rings. The molecule has 3 aromatic heterocycles. The van der Waals surface area contributed by atoms with E-state index in [1.807, 2.05) is 45.0 Å². The molecule has 0 aliphatic carbocycles. The van der Waals surface area contributed by atoms with Gasteiger partial charge in [0.2, 0.25) is 5.95 Å². The van der Waals surface area contributed by atoms with Gasteiger partial charge in [0.15, 0.2) is 0 Å². The van der Waals surface area contributed by atoms with Gasteiger partial charge in [0.05, 0.1) is 41.4 Å². The number of nitrogens with zero attached hydrogens (tertiary/aromatic N) is 5. The second-order valence-corrected chi connectivity index (χ2v) is 9.32. The smallest absolute Gasteiger partial charge is 0.407 e. The molecule has 1 aliphatic rings. The Morgan fingerprint density at radius 3 is 2.58 bits per heavy atom. The lowest BCUT2D eigenvalue weighted by Gasteiger charge is -2.35. The zero-order chi connectivity index (χ0) is 23.6. The molecule has 0 radical (unpaired) electrons. The first-order chi connectivity index (χ1) is 15.7. The summed E-state index contributed by atoms with van der Waals surface area (Å²) < 4.78 is 11.1. The highest BCUT2D eigenvalue weighted by atomic mass is 16.6. The summed E-state index contributed by atoms with van der Waals surface area (Å²) in [5.41, 5.74) is 2.41. The maximum atomic E-state index is 11.9. The number of amides is 1. The largest absolute Gasteiger partial charge is 0.444 e. The summed E-state index contributed by atoms with van der Waals surface area (Å²) in [6.07, 6.45) is 3.28. The number of aromatic nitrogens is 4. The van der Waals surface area contributed by atoms with E-state index in [0.717, 1.165) is 35.4 Å². The predicted octanol–water partition coefficient (Wildman–Crippen LogP) is 3.73. The second kappa shape index (κ2) is 9.27. The van der Waals surface area contributed by atoms with Crippen molar-refractivity contribution in [2.45, 2.75) is 59.0 Å². The molecule has 0 saturated carbocycles. The van der Waals surface area contributed by atoms with Crippen LogP contribution >= 0.6 is 0 Å². The predicted molar refractivity (Wildman–Crippen MR) is 126 cm³/mol. The minimum Gasteiger partial charge on any atom is -0.444 e. The highest BCUT2D eigenvalue weighted by molar-refractivity contribution is 5.80. The molecule has 174 valence electrons. The Balaban J connectivity index is 1.53. The Kier molecular flexibility index (Phi) is 6.42. The van der Waals surface area contributed by atoms with Gasteiger partial charge < -0.3 is 19.7 Å². The summed E-state index contributed by atoms with van der Waals surface area (Å²) in [6, 6.07) is 7.62. The Labute approximate surface area is 193 Å². The van der Waals surface area contributed by atoms with E-state index < -0.39 is 11.7 Å². The average molecular weight is 451 g/mol. The van der Waals surface area contributed by atoms with Crippen LogP contribution < -0.4 is 10.2 Å². The number of ether oxygens (including phenoxy) is 2. The molecular formula is C24H30N6O3. The average Bonchev–Trinajstić information content (AvgIpc) is 2.75. The lowest BCUT2D eigenvalue weighted by molar-refractivity contribution is -0.00572. The zero-order valence-electron chi connectivity index (χ0n) is 19.7. The van der Waals surface area contributed by atoms with Crippen molar-refractivity contribution >= 4 is 22.9 Å². The molecule has 0 unspecified atom stereocenters. The fourth-order valence-electron chi connectivity index (χ4n) is 3.76. The van der Waals surface area contributed by atoms with Crippen LogP contribution in [0, 0.1) is 0 Å². The van der Waals surface area contributed by atoms with Crippen LogP contribution in [0.1, 0.15) is 40.3 Å². The Bertz CT molecular complexity index is 1140. The van der Waals surface area contributed by atoms with E-state index in [9.17, 15) is 4.79 Å². The van der Waals surface area contributed by atoms with E-state index in [2.05, 4.69) is 34.0 Å². The standard InChI is InChI=1S/C24H30N6O3/c1-15-13-30(14-16(2)32-15)22-25-9-8-20(29-22)19-7-6-17-11-26-18(10-21(17)28-19)12-27-23(31)33-24(3,4)5/h6-11,15-16H,12-14H2,1-5H3,(H,27,31)/t15-,16+. The van der Waals surface area contributed by atoms with E-state index in [4.69, 9.17) is 19.4 Å². The summed E-state index contributed by atoms with van der Waals surface area (Å²) in [5.74, 6) is 0.674. The Morgan fingerprint density at radius 2 is 1.85 bits per heavy atom. The number of hydrogen-bond acceptors (Lipinski definition) is 8. The number of anilines is 1. The van der Waals surface area contributed by atoms with Gasteiger partial charge in [0.1, 0.15) is 5.60 Å². The van der Waals surface area contributed by atoms with Crippen LogP contribution in [-0.2, 0) is 16.0 Å². The third-order valence-electron chi connectivity index (χ3n) is 5.05. The third kappa shape index (κ3) is 5.92. The highest BCUT2D eigenvalue weighted by Crippen LogP contribution is 2.23. The first kappa shape index (κ1) is 22.8. The summed E-state index contributed by atoms with van der Waals surface area (Å²) in [5, 5.41) is 3.64. The quantitative estimate of drug-likeness (QED) is 0.642. The van der Waals surface area contributed by atoms with Crippen molar-refractivity contribution in [1.82, 2.24) is 25.3 Å². The van der Waals surface area contributed by atoms with Crippen LogP contribution in [0.25, 0.3) is 22.3 Å². The number of carbonyl (C=O) groups excluding carboxylic acids is 1. The van der Waals surface area contributed by atoms with Crippen LogP contribution in [-0.4, -0.2) is 56.9 Å². The van der Waals surface area contributed by atoms with Crippen LogP contribution in [0.5, 0.6) is 0 Å². The van der Waals surface area contributed by atoms with E-state index >= 15 is 0 Å². The topological polar surface area (TPSA) is 102 Å². The molecule has 9 nitrogen and oxygen atoms in total. The number of fused-ring (bicyclic) bond motifs is 1. The number of nitrogens with one attached hydrogen (secondary N) is 1. The number of morpholine rings is 1. The van der Waals surface area contributed by atoms with Gasteiger partial charge >= 0.3 is 6.09 Å². The normalized spacial score (nSPS) is 18.9. The van der Waals surface area contributed by atoms with Gasteiger partial charge in [-0.1, -0.05) is 0 Å². The van der Waals surface area contributed by atoms with Crippen LogP contribution in [0.2, 0.25) is 0 Å². The van der Waals surface area contributed by atoms with Crippen LogP contribution in [0.15, 0.2) is 36.7 Å². The molecule has 4 heterocycles. The van der Waals surface area contributed by atoms with Gasteiger partial charge in [0, 0.05) is 30.9 Å². The molecular weight excluding hydrogens is 420 g/mol. The van der Waals surface area contributed by atoms with Gasteiger partial charge in [-0.2, -0.15) is 0 Å². The van der Waals surface area contributed by atoms with Gasteiger partial charge in [-0.25, -0.2) is 19.7 Å². The van der Waals surface area contributed by atoms with Crippen molar-refractivity contribution in [2.75, 3.05) is 18.0 Å². The second-order valence-electron chi connectivity index (χ2n) is 9.32. The first-order valence-electron chi connectivity index (χ1n) is 11.1. The zero-order valence-corrected chi connectivity index (χ0v) is 19.7. The summed E-state index contributed by atoms with van der Waals surface area (Å²) in [6.45, 7) is 11.3. The van der Waals surface area contributed by atoms with Crippen LogP contribution in [0.4, 0.5) is 10.7 Å². The summed E-state index contributed by atoms with van der Waals surface area (Å²) in [7, 11) is 0. The van der Waals surface area contributed by atoms with Crippen molar-refractivity contribution in [3.63, 3.8) is 0 Å². The number of alkyl carbamates (subject to hydrolysis) is 1. The van der Waals surface area contributed by atoms with E-state index in [-0.39, 0.29) is 18.8 Å². The number of carbonyl (C=O) groups is 1. The van der Waals surface area contributed by atoms with Gasteiger partial charge in [-0.3, -0.25) is 4.98 Å². The molecule has 1 saturated heterocycles. The lowest BCUT2D eigenvalue weighted by atomic mass is 10.2. The number of rotatable bonds is 4. The number of hydrogen-bond donors (Lipinski definition) is 1. The van der Waals surface area contributed by atoms with E-state index in [0.29, 0.717) is 11.6 Å². The van der Waals surface area contributed by atoms with Crippen molar-refractivity contribution in [3.05, 3.63) is 42.4 Å². The maximum Gasteiger partial charge on any atom is 0.407 e. The summed E-state index contributed by atoms with van der Waals surface area (Å²) in [4.78, 5) is 32.5. The molecule has 9 heteroatoms. The first-order valence-corrected chi connectivity index (χ1v) is 11.1. The summed E-state index contributed by atoms with van der Waals surface area (Å²) >= 11 is 0. The molecule has 0 bridgehead atoms. The van der Waals surface area contributed by atoms with Crippen molar-refractivity contribution in [3.8, 4) is 11.4 Å². The molecule has 0 spiro atoms. The monoisotopic (exact) mass is 450 g/mol. The van der Waals surface area contributed by atoms with Crippen LogP contribution in [0.3, 0.4) is 0 Å². The maximum absolute atomic E-state index is 11.9. The molecule has 1 aliphatic heterocycles. The molecule has 0 aromatic carbocycles. The molecule has 1 amide bonds. The highest BCUT2D eigenvalue weighted by Gasteiger charge is 2.24. The SMILES string of the molecule is C[C@@H]1CN(c2nccc(-c3ccc4cnc(CNC(=O)OC(C)(C)C)cc4n3)n2)C[C@H](C)O1. The van der Waals surface area contributed by atoms with Gasteiger partial charge in [-0.15, -0.1) is 0 Å². The molecule has 3 aromatic rings. The fourth-order valence-corrected chi connectivity index (χ4v) is 3.76. The van der Waals surface area contributed by atoms with Crippen molar-refractivity contribution in [2.24, 2.45) is 0 Å². The van der Waals surface area contributed by atoms with Gasteiger partial charge in [-0.05, 0) is 58.9 Å². The minimum atomic E-state index is -0.551. The minimum absolute atomic E-state index is 0.125. The van der Waals surface area contributed by atoms with E-state index in [1.54, 1.807) is 12.4 Å². The van der Waals surface area contributed by atoms with Crippen molar-refractivity contribution in [1.29, 1.82) is 0 Å². The fraction of sp³-hybridized carbons (Fsp3) is 0.458. The Morgan fingerprint density at radius 1 is 1.12 bits per heavy atom.